The van der Waals surface area contributed by atoms with Crippen molar-refractivity contribution >= 4 is 47.8 Å². The summed E-state index contributed by atoms with van der Waals surface area (Å²) < 4.78 is 5.65. The minimum atomic E-state index is -0.448. The first kappa shape index (κ1) is 21.7. The predicted octanol–water partition coefficient (Wildman–Crippen LogP) is 2.63. The van der Waals surface area contributed by atoms with E-state index in [-0.39, 0.29) is 40.9 Å². The summed E-state index contributed by atoms with van der Waals surface area (Å²) in [6, 6.07) is 0.260. The number of ether oxygens (including phenoxy) is 1. The van der Waals surface area contributed by atoms with Gasteiger partial charge in [-0.1, -0.05) is 0 Å². The van der Waals surface area contributed by atoms with Crippen LogP contribution in [0.1, 0.15) is 34.6 Å². The molecule has 1 saturated heterocycles. The molecule has 24 heavy (non-hydrogen) atoms. The van der Waals surface area contributed by atoms with Crippen LogP contribution in [-0.2, 0) is 4.74 Å². The lowest BCUT2D eigenvalue weighted by molar-refractivity contribution is 0.0137. The maximum absolute atomic E-state index is 12.2. The number of nitrogens with zero attached hydrogens (tertiary/aromatic N) is 3. The van der Waals surface area contributed by atoms with Crippen LogP contribution in [0.4, 0.5) is 4.79 Å². The van der Waals surface area contributed by atoms with E-state index in [4.69, 9.17) is 4.74 Å². The van der Waals surface area contributed by atoms with Crippen molar-refractivity contribution in [1.29, 1.82) is 0 Å². The number of guanidine groups is 1. The van der Waals surface area contributed by atoms with Crippen molar-refractivity contribution in [2.45, 2.75) is 51.0 Å². The van der Waals surface area contributed by atoms with Gasteiger partial charge in [0.05, 0.1) is 12.6 Å². The van der Waals surface area contributed by atoms with Crippen molar-refractivity contribution in [2.24, 2.45) is 4.99 Å². The molecule has 2 aliphatic rings. The highest BCUT2D eigenvalue weighted by atomic mass is 127. The van der Waals surface area contributed by atoms with Crippen LogP contribution in [0.2, 0.25) is 0 Å². The number of aliphatic imine (C=N–C) groups is 1. The molecule has 8 heteroatoms. The molecule has 140 valence electrons. The zero-order valence-electron chi connectivity index (χ0n) is 15.6. The van der Waals surface area contributed by atoms with Crippen molar-refractivity contribution in [2.75, 3.05) is 39.0 Å². The van der Waals surface area contributed by atoms with Crippen molar-refractivity contribution in [1.82, 2.24) is 15.1 Å². The molecule has 1 unspecified atom stereocenters. The Kier molecular flexibility index (Phi) is 7.52. The molecule has 0 aromatic carbocycles. The highest BCUT2D eigenvalue weighted by molar-refractivity contribution is 14.0. The predicted molar refractivity (Wildman–Crippen MR) is 112 cm³/mol. The van der Waals surface area contributed by atoms with E-state index in [9.17, 15) is 4.79 Å². The maximum Gasteiger partial charge on any atom is 0.410 e. The first-order valence-corrected chi connectivity index (χ1v) is 9.42. The monoisotopic (exact) mass is 470 g/mol. The van der Waals surface area contributed by atoms with Crippen LogP contribution in [0.25, 0.3) is 0 Å². The molecule has 1 amide bonds. The van der Waals surface area contributed by atoms with Gasteiger partial charge in [-0.25, -0.2) is 4.79 Å². The van der Waals surface area contributed by atoms with E-state index in [2.05, 4.69) is 35.3 Å². The van der Waals surface area contributed by atoms with Gasteiger partial charge in [-0.2, -0.15) is 11.8 Å². The van der Waals surface area contributed by atoms with Crippen LogP contribution in [0.5, 0.6) is 0 Å². The van der Waals surface area contributed by atoms with Crippen LogP contribution in [0.3, 0.4) is 0 Å². The Morgan fingerprint density at radius 3 is 2.58 bits per heavy atom. The molecular formula is C16H31IN4O2S. The molecule has 0 saturated carbocycles. The Hall–Kier alpha value is -0.380. The molecule has 1 atom stereocenters. The maximum atomic E-state index is 12.2. The van der Waals surface area contributed by atoms with Crippen molar-refractivity contribution in [3.8, 4) is 0 Å². The third kappa shape index (κ3) is 5.86. The SMILES string of the molecule is CSC(C)(C)CNC1=NCC2CN(C(=O)OC(C)(C)C)CCN12.I. The molecule has 1 fully saturated rings. The van der Waals surface area contributed by atoms with E-state index in [0.717, 1.165) is 25.6 Å². The summed E-state index contributed by atoms with van der Waals surface area (Å²) in [5.41, 5.74) is -0.448. The first-order chi connectivity index (χ1) is 10.6. The Labute approximate surface area is 167 Å². The normalized spacial score (nSPS) is 20.9. The molecule has 2 aliphatic heterocycles. The fourth-order valence-corrected chi connectivity index (χ4v) is 2.80. The summed E-state index contributed by atoms with van der Waals surface area (Å²) in [5.74, 6) is 0.973. The zero-order valence-corrected chi connectivity index (χ0v) is 18.7. The third-order valence-electron chi connectivity index (χ3n) is 4.08. The lowest BCUT2D eigenvalue weighted by atomic mass is 10.2. The minimum Gasteiger partial charge on any atom is -0.444 e. The second-order valence-electron chi connectivity index (χ2n) is 7.76. The Morgan fingerprint density at radius 1 is 1.33 bits per heavy atom. The summed E-state index contributed by atoms with van der Waals surface area (Å²) in [7, 11) is 0. The molecule has 0 spiro atoms. The lowest BCUT2D eigenvalue weighted by Gasteiger charge is -2.39. The van der Waals surface area contributed by atoms with Gasteiger partial charge in [0.15, 0.2) is 5.96 Å². The summed E-state index contributed by atoms with van der Waals surface area (Å²) in [6.45, 7) is 13.9. The summed E-state index contributed by atoms with van der Waals surface area (Å²) in [6.07, 6.45) is 1.91. The van der Waals surface area contributed by atoms with Gasteiger partial charge in [0.25, 0.3) is 0 Å². The fourth-order valence-electron chi connectivity index (χ4n) is 2.59. The van der Waals surface area contributed by atoms with E-state index in [1.807, 2.05) is 32.5 Å². The highest BCUT2D eigenvalue weighted by Crippen LogP contribution is 2.22. The van der Waals surface area contributed by atoms with E-state index in [1.165, 1.54) is 0 Å². The number of nitrogens with one attached hydrogen (secondary N) is 1. The Balaban J connectivity index is 0.00000288. The van der Waals surface area contributed by atoms with E-state index in [1.54, 1.807) is 4.90 Å². The van der Waals surface area contributed by atoms with E-state index >= 15 is 0 Å². The summed E-state index contributed by atoms with van der Waals surface area (Å²) >= 11 is 1.84. The molecule has 0 aromatic rings. The van der Waals surface area contributed by atoms with Crippen molar-refractivity contribution in [3.63, 3.8) is 0 Å². The average molecular weight is 470 g/mol. The van der Waals surface area contributed by atoms with Gasteiger partial charge < -0.3 is 19.9 Å². The van der Waals surface area contributed by atoms with Crippen LogP contribution in [0.15, 0.2) is 4.99 Å². The largest absolute Gasteiger partial charge is 0.444 e. The highest BCUT2D eigenvalue weighted by Gasteiger charge is 2.36. The van der Waals surface area contributed by atoms with Crippen LogP contribution in [0, 0.1) is 0 Å². The minimum absolute atomic E-state index is 0. The number of rotatable bonds is 3. The van der Waals surface area contributed by atoms with Gasteiger partial charge in [-0.05, 0) is 40.9 Å². The second-order valence-corrected chi connectivity index (χ2v) is 9.27. The molecule has 0 aromatic heterocycles. The standard InChI is InChI=1S/C16H30N4O2S.HI/c1-15(2,3)22-14(21)19-7-8-20-12(10-19)9-17-13(20)18-11-16(4,5)23-6;/h12H,7-11H2,1-6H3,(H,17,18);1H. The smallest absolute Gasteiger partial charge is 0.410 e. The van der Waals surface area contributed by atoms with Gasteiger partial charge >= 0.3 is 6.09 Å². The number of piperazine rings is 1. The third-order valence-corrected chi connectivity index (χ3v) is 5.33. The Morgan fingerprint density at radius 2 is 2.00 bits per heavy atom. The van der Waals surface area contributed by atoms with Gasteiger partial charge in [0, 0.05) is 30.9 Å². The first-order valence-electron chi connectivity index (χ1n) is 8.19. The van der Waals surface area contributed by atoms with Gasteiger partial charge in [-0.15, -0.1) is 24.0 Å². The van der Waals surface area contributed by atoms with Crippen molar-refractivity contribution in [3.05, 3.63) is 0 Å². The lowest BCUT2D eigenvalue weighted by Crippen LogP contribution is -2.58. The molecule has 0 aliphatic carbocycles. The molecular weight excluding hydrogens is 439 g/mol. The molecule has 1 N–H and O–H groups in total. The van der Waals surface area contributed by atoms with Gasteiger partial charge in [0.1, 0.15) is 5.60 Å². The topological polar surface area (TPSA) is 57.2 Å². The molecule has 0 radical (unpaired) electrons. The van der Waals surface area contributed by atoms with Crippen LogP contribution < -0.4 is 5.32 Å². The number of carbonyl (C=O) groups excluding carboxylic acids is 1. The number of halogens is 1. The quantitative estimate of drug-likeness (QED) is 0.643. The molecule has 2 rings (SSSR count). The molecule has 0 bridgehead atoms. The fraction of sp³-hybridized carbons (Fsp3) is 0.875. The second kappa shape index (κ2) is 8.33. The zero-order chi connectivity index (χ0) is 17.3. The van der Waals surface area contributed by atoms with E-state index in [0.29, 0.717) is 13.1 Å². The van der Waals surface area contributed by atoms with Crippen LogP contribution in [-0.4, -0.2) is 77.2 Å². The summed E-state index contributed by atoms with van der Waals surface area (Å²) in [4.78, 5) is 20.9. The number of amides is 1. The number of hydrogen-bond acceptors (Lipinski definition) is 6. The molecule has 6 nitrogen and oxygen atoms in total. The van der Waals surface area contributed by atoms with Crippen LogP contribution >= 0.6 is 35.7 Å². The van der Waals surface area contributed by atoms with Gasteiger partial charge in [-0.3, -0.25) is 4.99 Å². The Bertz CT molecular complexity index is 479. The summed E-state index contributed by atoms with van der Waals surface area (Å²) in [5, 5.41) is 3.47. The van der Waals surface area contributed by atoms with E-state index < -0.39 is 5.60 Å². The number of hydrogen-bond donors (Lipinski definition) is 1. The van der Waals surface area contributed by atoms with Gasteiger partial charge in [0.2, 0.25) is 0 Å². The molecule has 2 heterocycles. The number of carbonyl (C=O) groups is 1. The van der Waals surface area contributed by atoms with Crippen molar-refractivity contribution < 1.29 is 9.53 Å². The number of fused-ring (bicyclic) bond motifs is 1. The average Bonchev–Trinajstić information content (AvgIpc) is 2.85. The number of thioether (sulfide) groups is 1.